The Kier molecular flexibility index (Phi) is 5.37. The van der Waals surface area contributed by atoms with Crippen LogP contribution in [0, 0.1) is 0 Å². The van der Waals surface area contributed by atoms with Gasteiger partial charge in [0.1, 0.15) is 0 Å². The van der Waals surface area contributed by atoms with Gasteiger partial charge in [-0.15, -0.1) is 0 Å². The lowest BCUT2D eigenvalue weighted by atomic mass is 10.0. The topological polar surface area (TPSA) is 87.5 Å². The van der Waals surface area contributed by atoms with Gasteiger partial charge in [-0.2, -0.15) is 0 Å². The number of hydrogen-bond acceptors (Lipinski definition) is 4. The third-order valence-electron chi connectivity index (χ3n) is 3.23. The second-order valence-corrected chi connectivity index (χ2v) is 4.36. The minimum atomic E-state index is -0.792. The lowest BCUT2D eigenvalue weighted by Crippen LogP contribution is -2.55. The molecular weight excluding hydrogens is 220 g/mol. The molecule has 1 aliphatic heterocycles. The molecule has 1 rings (SSSR count). The molecule has 2 unspecified atom stereocenters. The molecule has 4 N–H and O–H groups in total. The molecule has 0 aromatic heterocycles. The van der Waals surface area contributed by atoms with Crippen LogP contribution in [0.15, 0.2) is 0 Å². The number of urea groups is 1. The third-order valence-corrected chi connectivity index (χ3v) is 3.23. The highest BCUT2D eigenvalue weighted by Crippen LogP contribution is 2.13. The molecule has 17 heavy (non-hydrogen) atoms. The van der Waals surface area contributed by atoms with Crippen LogP contribution < -0.4 is 16.4 Å². The lowest BCUT2D eigenvalue weighted by Gasteiger charge is -2.37. The fraction of sp³-hybridized carbons (Fsp3) is 0.818. The maximum atomic E-state index is 11.7. The molecule has 0 aliphatic carbocycles. The summed E-state index contributed by atoms with van der Waals surface area (Å²) in [6, 6.07) is -0.778. The Morgan fingerprint density at radius 1 is 1.59 bits per heavy atom. The summed E-state index contributed by atoms with van der Waals surface area (Å²) in [6.07, 6.45) is 2.19. The van der Waals surface area contributed by atoms with Crippen LogP contribution in [0.1, 0.15) is 26.7 Å². The number of amides is 3. The Morgan fingerprint density at radius 2 is 2.29 bits per heavy atom. The lowest BCUT2D eigenvalue weighted by molar-refractivity contribution is -0.125. The van der Waals surface area contributed by atoms with E-state index in [-0.39, 0.29) is 11.9 Å². The molecule has 0 radical (unpaired) electrons. The summed E-state index contributed by atoms with van der Waals surface area (Å²) in [4.78, 5) is 24.5. The number of nitrogens with one attached hydrogen (secondary N) is 2. The number of imide groups is 1. The predicted molar refractivity (Wildman–Crippen MR) is 65.5 cm³/mol. The van der Waals surface area contributed by atoms with Gasteiger partial charge < -0.3 is 11.1 Å². The van der Waals surface area contributed by atoms with Gasteiger partial charge in [-0.3, -0.25) is 15.0 Å². The molecule has 0 saturated carbocycles. The van der Waals surface area contributed by atoms with E-state index in [0.717, 1.165) is 32.5 Å². The second kappa shape index (κ2) is 6.56. The average molecular weight is 242 g/mol. The number of rotatable bonds is 4. The number of hydrogen-bond donors (Lipinski definition) is 3. The zero-order valence-electron chi connectivity index (χ0n) is 10.5. The van der Waals surface area contributed by atoms with Crippen molar-refractivity contribution in [2.75, 3.05) is 19.6 Å². The molecule has 98 valence electrons. The van der Waals surface area contributed by atoms with Gasteiger partial charge in [0.2, 0.25) is 5.91 Å². The first kappa shape index (κ1) is 13.9. The molecule has 3 amide bonds. The maximum Gasteiger partial charge on any atom is 0.318 e. The van der Waals surface area contributed by atoms with Gasteiger partial charge in [-0.25, -0.2) is 4.79 Å². The van der Waals surface area contributed by atoms with Crippen LogP contribution in [0.5, 0.6) is 0 Å². The van der Waals surface area contributed by atoms with E-state index in [0.29, 0.717) is 6.04 Å². The van der Waals surface area contributed by atoms with Crippen LogP contribution in [-0.2, 0) is 4.79 Å². The van der Waals surface area contributed by atoms with E-state index in [2.05, 4.69) is 15.5 Å². The summed E-state index contributed by atoms with van der Waals surface area (Å²) in [7, 11) is 0. The number of nitrogens with two attached hydrogens (primary N) is 1. The number of likely N-dealkylation sites (N-methyl/N-ethyl adjacent to an activating group) is 1. The van der Waals surface area contributed by atoms with Crippen molar-refractivity contribution in [3.05, 3.63) is 0 Å². The first-order chi connectivity index (χ1) is 8.06. The monoisotopic (exact) mass is 242 g/mol. The first-order valence-corrected chi connectivity index (χ1v) is 6.13. The second-order valence-electron chi connectivity index (χ2n) is 4.36. The highest BCUT2D eigenvalue weighted by atomic mass is 16.2. The van der Waals surface area contributed by atoms with Crippen molar-refractivity contribution >= 4 is 11.9 Å². The SMILES string of the molecule is CCN(C1CCCNC1)C(C)C(=O)NC(N)=O. The fourth-order valence-electron chi connectivity index (χ4n) is 2.34. The molecule has 2 atom stereocenters. The predicted octanol–water partition coefficient (Wildman–Crippen LogP) is -0.356. The van der Waals surface area contributed by atoms with Crippen LogP contribution in [-0.4, -0.2) is 48.6 Å². The molecule has 0 aromatic carbocycles. The molecule has 0 aromatic rings. The van der Waals surface area contributed by atoms with E-state index in [1.807, 2.05) is 6.92 Å². The third kappa shape index (κ3) is 3.98. The highest BCUT2D eigenvalue weighted by molar-refractivity contribution is 5.96. The Morgan fingerprint density at radius 3 is 2.76 bits per heavy atom. The van der Waals surface area contributed by atoms with Gasteiger partial charge in [-0.1, -0.05) is 6.92 Å². The highest BCUT2D eigenvalue weighted by Gasteiger charge is 2.28. The zero-order valence-corrected chi connectivity index (χ0v) is 10.5. The minimum Gasteiger partial charge on any atom is -0.351 e. The smallest absolute Gasteiger partial charge is 0.318 e. The van der Waals surface area contributed by atoms with Crippen molar-refractivity contribution in [1.82, 2.24) is 15.5 Å². The van der Waals surface area contributed by atoms with Gasteiger partial charge in [0, 0.05) is 12.6 Å². The quantitative estimate of drug-likeness (QED) is 0.628. The summed E-state index contributed by atoms with van der Waals surface area (Å²) >= 11 is 0. The van der Waals surface area contributed by atoms with E-state index in [9.17, 15) is 9.59 Å². The maximum absolute atomic E-state index is 11.7. The summed E-state index contributed by atoms with van der Waals surface area (Å²) < 4.78 is 0. The average Bonchev–Trinajstić information content (AvgIpc) is 2.30. The van der Waals surface area contributed by atoms with Crippen LogP contribution in [0.3, 0.4) is 0 Å². The van der Waals surface area contributed by atoms with E-state index in [1.165, 1.54) is 0 Å². The molecule has 1 aliphatic rings. The van der Waals surface area contributed by atoms with E-state index < -0.39 is 6.03 Å². The first-order valence-electron chi connectivity index (χ1n) is 6.13. The summed E-state index contributed by atoms with van der Waals surface area (Å²) in [5, 5.41) is 5.45. The van der Waals surface area contributed by atoms with Crippen molar-refractivity contribution in [1.29, 1.82) is 0 Å². The van der Waals surface area contributed by atoms with E-state index in [4.69, 9.17) is 5.73 Å². The van der Waals surface area contributed by atoms with Crippen molar-refractivity contribution in [2.45, 2.75) is 38.8 Å². The van der Waals surface area contributed by atoms with Crippen molar-refractivity contribution in [3.8, 4) is 0 Å². The van der Waals surface area contributed by atoms with Crippen LogP contribution in [0.2, 0.25) is 0 Å². The van der Waals surface area contributed by atoms with Crippen LogP contribution in [0.25, 0.3) is 0 Å². The summed E-state index contributed by atoms with van der Waals surface area (Å²) in [6.45, 7) is 6.52. The van der Waals surface area contributed by atoms with E-state index in [1.54, 1.807) is 6.92 Å². The summed E-state index contributed by atoms with van der Waals surface area (Å²) in [5.41, 5.74) is 4.95. The van der Waals surface area contributed by atoms with Gasteiger partial charge in [0.05, 0.1) is 6.04 Å². The molecule has 6 nitrogen and oxygen atoms in total. The fourth-order valence-corrected chi connectivity index (χ4v) is 2.34. The van der Waals surface area contributed by atoms with Crippen molar-refractivity contribution in [3.63, 3.8) is 0 Å². The Bertz CT molecular complexity index is 277. The van der Waals surface area contributed by atoms with Gasteiger partial charge in [0.25, 0.3) is 0 Å². The number of piperidine rings is 1. The normalized spacial score (nSPS) is 22.2. The number of nitrogens with zero attached hydrogens (tertiary/aromatic N) is 1. The van der Waals surface area contributed by atoms with Gasteiger partial charge in [0.15, 0.2) is 0 Å². The number of carbonyl (C=O) groups is 2. The Labute approximate surface area is 102 Å². The number of carbonyl (C=O) groups excluding carboxylic acids is 2. The minimum absolute atomic E-state index is 0.329. The van der Waals surface area contributed by atoms with E-state index >= 15 is 0 Å². The number of primary amides is 1. The standard InChI is InChI=1S/C11H22N4O2/c1-3-15(9-5-4-6-13-7-9)8(2)10(16)14-11(12)17/h8-9,13H,3-7H2,1-2H3,(H3,12,14,16,17). The van der Waals surface area contributed by atoms with Crippen LogP contribution >= 0.6 is 0 Å². The largest absolute Gasteiger partial charge is 0.351 e. The van der Waals surface area contributed by atoms with Crippen LogP contribution in [0.4, 0.5) is 4.79 Å². The Hall–Kier alpha value is -1.14. The van der Waals surface area contributed by atoms with Gasteiger partial charge >= 0.3 is 6.03 Å². The van der Waals surface area contributed by atoms with Crippen molar-refractivity contribution < 1.29 is 9.59 Å². The molecular formula is C11H22N4O2. The molecule has 1 heterocycles. The van der Waals surface area contributed by atoms with Gasteiger partial charge in [-0.05, 0) is 32.9 Å². The molecule has 1 saturated heterocycles. The Balaban J connectivity index is 2.58. The zero-order chi connectivity index (χ0) is 12.8. The molecule has 0 bridgehead atoms. The van der Waals surface area contributed by atoms with Crippen molar-refractivity contribution in [2.24, 2.45) is 5.73 Å². The molecule has 1 fully saturated rings. The summed E-state index contributed by atoms with van der Waals surface area (Å²) in [5.74, 6) is -0.329. The molecule has 0 spiro atoms. The molecule has 6 heteroatoms.